The van der Waals surface area contributed by atoms with Gasteiger partial charge in [0.25, 0.3) is 0 Å². The Balaban J connectivity index is 1.70. The topological polar surface area (TPSA) is 64.7 Å². The fourth-order valence-corrected chi connectivity index (χ4v) is 3.33. The van der Waals surface area contributed by atoms with Crippen molar-refractivity contribution in [2.45, 2.75) is 6.42 Å². The molecule has 1 atom stereocenters. The van der Waals surface area contributed by atoms with Gasteiger partial charge < -0.3 is 20.4 Å². The Morgan fingerprint density at radius 3 is 2.73 bits per heavy atom. The van der Waals surface area contributed by atoms with Gasteiger partial charge in [0.15, 0.2) is 0 Å². The Morgan fingerprint density at radius 2 is 2.05 bits per heavy atom. The number of hydrogen-bond donors (Lipinski definition) is 2. The van der Waals surface area contributed by atoms with E-state index in [9.17, 15) is 9.59 Å². The predicted molar refractivity (Wildman–Crippen MR) is 84.6 cm³/mol. The zero-order valence-corrected chi connectivity index (χ0v) is 12.8. The molecule has 2 heterocycles. The number of carbonyl (C=O) groups is 2. The first kappa shape index (κ1) is 14.8. The lowest BCUT2D eigenvalue weighted by Gasteiger charge is -2.31. The van der Waals surface area contributed by atoms with E-state index in [0.29, 0.717) is 26.1 Å². The van der Waals surface area contributed by atoms with Gasteiger partial charge in [-0.05, 0) is 12.1 Å². The first-order chi connectivity index (χ1) is 10.6. The van der Waals surface area contributed by atoms with Crippen LogP contribution in [-0.4, -0.2) is 61.5 Å². The average molecular weight is 302 g/mol. The lowest BCUT2D eigenvalue weighted by molar-refractivity contribution is -0.126. The maximum Gasteiger partial charge on any atom is 0.321 e. The van der Waals surface area contributed by atoms with Crippen LogP contribution in [0, 0.1) is 5.41 Å². The minimum absolute atomic E-state index is 0.101. The van der Waals surface area contributed by atoms with Gasteiger partial charge >= 0.3 is 6.03 Å². The van der Waals surface area contributed by atoms with Crippen molar-refractivity contribution in [3.05, 3.63) is 30.3 Å². The molecule has 0 unspecified atom stereocenters. The Bertz CT molecular complexity index is 563. The van der Waals surface area contributed by atoms with Crippen LogP contribution in [0.4, 0.5) is 10.5 Å². The normalized spacial score (nSPS) is 25.4. The summed E-state index contributed by atoms with van der Waals surface area (Å²) in [4.78, 5) is 28.0. The Hall–Kier alpha value is -2.08. The third-order valence-corrected chi connectivity index (χ3v) is 4.42. The number of likely N-dealkylation sites (tertiary alicyclic amines) is 1. The number of anilines is 1. The van der Waals surface area contributed by atoms with Gasteiger partial charge in [-0.2, -0.15) is 0 Å². The number of urea groups is 1. The number of rotatable bonds is 1. The van der Waals surface area contributed by atoms with Crippen molar-refractivity contribution in [3.8, 4) is 0 Å². The summed E-state index contributed by atoms with van der Waals surface area (Å²) in [5.41, 5.74) is 0.620. The number of hydrogen-bond acceptors (Lipinski definition) is 3. The highest BCUT2D eigenvalue weighted by Gasteiger charge is 2.44. The highest BCUT2D eigenvalue weighted by atomic mass is 16.2. The van der Waals surface area contributed by atoms with E-state index in [0.717, 1.165) is 18.8 Å². The molecule has 3 rings (SSSR count). The minimum atomic E-state index is -0.170. The monoisotopic (exact) mass is 302 g/mol. The fraction of sp³-hybridized carbons (Fsp3) is 0.500. The third kappa shape index (κ3) is 3.06. The Kier molecular flexibility index (Phi) is 4.02. The summed E-state index contributed by atoms with van der Waals surface area (Å²) in [6, 6.07) is 9.35. The zero-order chi connectivity index (χ0) is 15.6. The summed E-state index contributed by atoms with van der Waals surface area (Å²) in [7, 11) is 1.83. The van der Waals surface area contributed by atoms with Crippen LogP contribution >= 0.6 is 0 Å². The van der Waals surface area contributed by atoms with Crippen LogP contribution in [0.3, 0.4) is 0 Å². The molecule has 1 aromatic rings. The van der Waals surface area contributed by atoms with Crippen molar-refractivity contribution in [1.82, 2.24) is 15.1 Å². The van der Waals surface area contributed by atoms with Crippen LogP contribution in [0.5, 0.6) is 0 Å². The Morgan fingerprint density at radius 1 is 1.27 bits per heavy atom. The molecule has 118 valence electrons. The van der Waals surface area contributed by atoms with E-state index >= 15 is 0 Å². The van der Waals surface area contributed by atoms with Crippen molar-refractivity contribution in [3.63, 3.8) is 0 Å². The Labute approximate surface area is 130 Å². The van der Waals surface area contributed by atoms with Gasteiger partial charge in [0.05, 0.1) is 0 Å². The van der Waals surface area contributed by atoms with Crippen molar-refractivity contribution >= 4 is 17.6 Å². The molecule has 0 aliphatic carbocycles. The van der Waals surface area contributed by atoms with Crippen LogP contribution in [0.1, 0.15) is 6.42 Å². The number of para-hydroxylation sites is 1. The summed E-state index contributed by atoms with van der Waals surface area (Å²) in [6.45, 7) is 3.49. The number of amides is 3. The lowest BCUT2D eigenvalue weighted by atomic mass is 9.86. The molecule has 6 heteroatoms. The molecule has 22 heavy (non-hydrogen) atoms. The van der Waals surface area contributed by atoms with Gasteiger partial charge in [0, 0.05) is 57.3 Å². The number of nitrogens with one attached hydrogen (secondary N) is 2. The van der Waals surface area contributed by atoms with E-state index < -0.39 is 0 Å². The molecule has 6 nitrogen and oxygen atoms in total. The van der Waals surface area contributed by atoms with Crippen LogP contribution in [0.2, 0.25) is 0 Å². The summed E-state index contributed by atoms with van der Waals surface area (Å²) >= 11 is 0. The zero-order valence-electron chi connectivity index (χ0n) is 12.8. The van der Waals surface area contributed by atoms with Crippen LogP contribution < -0.4 is 10.6 Å². The molecule has 3 amide bonds. The smallest absolute Gasteiger partial charge is 0.321 e. The van der Waals surface area contributed by atoms with Gasteiger partial charge in [-0.15, -0.1) is 0 Å². The molecule has 0 aromatic heterocycles. The van der Waals surface area contributed by atoms with E-state index in [4.69, 9.17) is 0 Å². The molecule has 2 aliphatic rings. The van der Waals surface area contributed by atoms with Gasteiger partial charge in [-0.1, -0.05) is 18.2 Å². The number of carbonyl (C=O) groups excluding carboxylic acids is 2. The van der Waals surface area contributed by atoms with Crippen molar-refractivity contribution in [2.75, 3.05) is 45.1 Å². The molecular formula is C16H22N4O2. The summed E-state index contributed by atoms with van der Waals surface area (Å²) in [5, 5.41) is 6.30. The first-order valence-electron chi connectivity index (χ1n) is 7.64. The largest absolute Gasteiger partial charge is 0.345 e. The van der Waals surface area contributed by atoms with Gasteiger partial charge in [0.2, 0.25) is 5.91 Å². The van der Waals surface area contributed by atoms with Crippen LogP contribution in [-0.2, 0) is 4.79 Å². The maximum absolute atomic E-state index is 12.5. The van der Waals surface area contributed by atoms with Crippen molar-refractivity contribution in [1.29, 1.82) is 0 Å². The predicted octanol–water partition coefficient (Wildman–Crippen LogP) is 0.972. The van der Waals surface area contributed by atoms with Crippen LogP contribution in [0.25, 0.3) is 0 Å². The highest BCUT2D eigenvalue weighted by molar-refractivity contribution is 5.89. The molecule has 2 saturated heterocycles. The molecular weight excluding hydrogens is 280 g/mol. The van der Waals surface area contributed by atoms with E-state index in [1.807, 2.05) is 42.3 Å². The maximum atomic E-state index is 12.5. The number of benzene rings is 1. The third-order valence-electron chi connectivity index (χ3n) is 4.42. The highest BCUT2D eigenvalue weighted by Crippen LogP contribution is 2.32. The minimum Gasteiger partial charge on any atom is -0.345 e. The molecule has 0 bridgehead atoms. The molecule has 1 aromatic carbocycles. The van der Waals surface area contributed by atoms with Crippen molar-refractivity contribution in [2.24, 2.45) is 5.41 Å². The van der Waals surface area contributed by atoms with E-state index in [-0.39, 0.29) is 17.4 Å². The number of nitrogens with zero attached hydrogens (tertiary/aromatic N) is 2. The second-order valence-corrected chi connectivity index (χ2v) is 6.32. The van der Waals surface area contributed by atoms with E-state index in [2.05, 4.69) is 10.6 Å². The summed E-state index contributed by atoms with van der Waals surface area (Å²) in [6.07, 6.45) is 0.506. The standard InChI is InChI=1S/C16H22N4O2/c1-19-11-16(9-14(19)21)10-17-7-8-20(12-16)15(22)18-13-5-3-2-4-6-13/h2-6,17H,7-12H2,1H3,(H,18,22)/t16-/m0/s1. The molecule has 1 spiro atoms. The fourth-order valence-electron chi connectivity index (χ4n) is 3.33. The first-order valence-corrected chi connectivity index (χ1v) is 7.64. The second-order valence-electron chi connectivity index (χ2n) is 6.32. The average Bonchev–Trinajstić information content (AvgIpc) is 2.67. The van der Waals surface area contributed by atoms with Crippen LogP contribution in [0.15, 0.2) is 30.3 Å². The summed E-state index contributed by atoms with van der Waals surface area (Å²) < 4.78 is 0. The second kappa shape index (κ2) is 5.96. The SMILES string of the molecule is CN1C[C@@]2(CNCCN(C(=O)Nc3ccccc3)C2)CC1=O. The van der Waals surface area contributed by atoms with E-state index in [1.165, 1.54) is 0 Å². The molecule has 0 saturated carbocycles. The molecule has 0 radical (unpaired) electrons. The molecule has 2 fully saturated rings. The summed E-state index contributed by atoms with van der Waals surface area (Å²) in [5.74, 6) is 0.159. The van der Waals surface area contributed by atoms with Gasteiger partial charge in [0.1, 0.15) is 0 Å². The molecule has 2 aliphatic heterocycles. The van der Waals surface area contributed by atoms with E-state index in [1.54, 1.807) is 4.90 Å². The van der Waals surface area contributed by atoms with Crippen molar-refractivity contribution < 1.29 is 9.59 Å². The quantitative estimate of drug-likeness (QED) is 0.812. The van der Waals surface area contributed by atoms with Gasteiger partial charge in [-0.25, -0.2) is 4.79 Å². The molecule has 2 N–H and O–H groups in total. The lowest BCUT2D eigenvalue weighted by Crippen LogP contribution is -2.45. The van der Waals surface area contributed by atoms with Gasteiger partial charge in [-0.3, -0.25) is 4.79 Å².